The molecule has 1 aromatic rings. The van der Waals surface area contributed by atoms with E-state index in [-0.39, 0.29) is 11.6 Å². The predicted octanol–water partition coefficient (Wildman–Crippen LogP) is 3.51. The van der Waals surface area contributed by atoms with Crippen LogP contribution >= 0.6 is 11.6 Å². The lowest BCUT2D eigenvalue weighted by molar-refractivity contribution is -0.0187. The molecule has 0 amide bonds. The van der Waals surface area contributed by atoms with Gasteiger partial charge in [-0.2, -0.15) is 0 Å². The zero-order valence-electron chi connectivity index (χ0n) is 11.9. The van der Waals surface area contributed by atoms with Crippen molar-refractivity contribution in [1.82, 2.24) is 4.90 Å². The van der Waals surface area contributed by atoms with E-state index in [9.17, 15) is 5.11 Å². The Morgan fingerprint density at radius 3 is 2.58 bits per heavy atom. The van der Waals surface area contributed by atoms with Crippen LogP contribution in [0.25, 0.3) is 0 Å². The van der Waals surface area contributed by atoms with Crippen LogP contribution in [0.4, 0.5) is 0 Å². The van der Waals surface area contributed by atoms with Gasteiger partial charge < -0.3 is 5.11 Å². The molecule has 19 heavy (non-hydrogen) atoms. The normalized spacial score (nSPS) is 19.4. The maximum Gasteiger partial charge on any atom is 0.0758 e. The van der Waals surface area contributed by atoms with Crippen LogP contribution in [0.1, 0.15) is 38.7 Å². The van der Waals surface area contributed by atoms with Crippen LogP contribution in [0.2, 0.25) is 5.02 Å². The molecule has 1 atom stereocenters. The number of halogens is 1. The summed E-state index contributed by atoms with van der Waals surface area (Å²) in [7, 11) is 0. The van der Waals surface area contributed by atoms with Gasteiger partial charge in [-0.1, -0.05) is 30.2 Å². The molecular formula is C16H24ClNO. The highest BCUT2D eigenvalue weighted by Crippen LogP contribution is 2.26. The number of nitrogens with zero attached hydrogens (tertiary/aromatic N) is 1. The second-order valence-corrected chi connectivity index (χ2v) is 6.49. The summed E-state index contributed by atoms with van der Waals surface area (Å²) in [5, 5.41) is 11.3. The zero-order valence-corrected chi connectivity index (χ0v) is 12.7. The lowest BCUT2D eigenvalue weighted by atomic mass is 9.88. The number of piperidine rings is 1. The van der Waals surface area contributed by atoms with E-state index in [1.807, 2.05) is 24.3 Å². The lowest BCUT2D eigenvalue weighted by Gasteiger charge is -2.44. The first kappa shape index (κ1) is 14.8. The van der Waals surface area contributed by atoms with Crippen molar-refractivity contribution in [3.63, 3.8) is 0 Å². The number of rotatable bonds is 4. The highest BCUT2D eigenvalue weighted by Gasteiger charge is 2.34. The van der Waals surface area contributed by atoms with Crippen molar-refractivity contribution in [3.05, 3.63) is 34.9 Å². The van der Waals surface area contributed by atoms with E-state index in [0.717, 1.165) is 23.7 Å². The number of hydrogen-bond donors (Lipinski definition) is 1. The van der Waals surface area contributed by atoms with Crippen molar-refractivity contribution in [3.8, 4) is 0 Å². The molecule has 1 saturated heterocycles. The summed E-state index contributed by atoms with van der Waals surface area (Å²) in [5.74, 6) is 0. The number of hydrogen-bond acceptors (Lipinski definition) is 2. The summed E-state index contributed by atoms with van der Waals surface area (Å²) < 4.78 is 0. The first-order chi connectivity index (χ1) is 9.00. The maximum absolute atomic E-state index is 10.6. The molecule has 2 nitrogen and oxygen atoms in total. The van der Waals surface area contributed by atoms with Gasteiger partial charge in [0.25, 0.3) is 0 Å². The molecule has 1 aliphatic heterocycles. The van der Waals surface area contributed by atoms with Crippen molar-refractivity contribution < 1.29 is 5.11 Å². The molecular weight excluding hydrogens is 258 g/mol. The average Bonchev–Trinajstić information content (AvgIpc) is 2.39. The molecule has 1 aliphatic rings. The van der Waals surface area contributed by atoms with Crippen LogP contribution in [0, 0.1) is 0 Å². The number of benzene rings is 1. The van der Waals surface area contributed by atoms with E-state index in [2.05, 4.69) is 18.7 Å². The SMILES string of the molecule is CC(C)(C(O)Cc1cccc(Cl)c1)N1CCCCC1. The van der Waals surface area contributed by atoms with E-state index in [4.69, 9.17) is 11.6 Å². The summed E-state index contributed by atoms with van der Waals surface area (Å²) in [4.78, 5) is 2.42. The van der Waals surface area contributed by atoms with Crippen LogP contribution in [-0.2, 0) is 6.42 Å². The van der Waals surface area contributed by atoms with Crippen molar-refractivity contribution in [2.45, 2.75) is 51.2 Å². The monoisotopic (exact) mass is 281 g/mol. The molecule has 106 valence electrons. The Labute approximate surface area is 121 Å². The molecule has 0 bridgehead atoms. The van der Waals surface area contributed by atoms with Crippen LogP contribution in [0.3, 0.4) is 0 Å². The summed E-state index contributed by atoms with van der Waals surface area (Å²) in [6.45, 7) is 6.49. The minimum atomic E-state index is -0.371. The second-order valence-electron chi connectivity index (χ2n) is 6.05. The van der Waals surface area contributed by atoms with Gasteiger partial charge in [-0.25, -0.2) is 0 Å². The third-order valence-electron chi connectivity index (χ3n) is 4.30. The van der Waals surface area contributed by atoms with Crippen LogP contribution in [-0.4, -0.2) is 34.7 Å². The van der Waals surface area contributed by atoms with Gasteiger partial charge in [0.1, 0.15) is 0 Å². The molecule has 1 heterocycles. The first-order valence-corrected chi connectivity index (χ1v) is 7.55. The lowest BCUT2D eigenvalue weighted by Crippen LogP contribution is -2.54. The Kier molecular flexibility index (Phi) is 4.88. The van der Waals surface area contributed by atoms with Gasteiger partial charge in [-0.05, 0) is 57.5 Å². The van der Waals surface area contributed by atoms with Crippen LogP contribution < -0.4 is 0 Å². The molecule has 1 fully saturated rings. The smallest absolute Gasteiger partial charge is 0.0758 e. The zero-order chi connectivity index (χ0) is 13.9. The van der Waals surface area contributed by atoms with E-state index < -0.39 is 0 Å². The van der Waals surface area contributed by atoms with Crippen LogP contribution in [0.5, 0.6) is 0 Å². The molecule has 0 saturated carbocycles. The standard InChI is InChI=1S/C16H24ClNO/c1-16(2,18-9-4-3-5-10-18)15(19)12-13-7-6-8-14(17)11-13/h6-8,11,15,19H,3-5,9-10,12H2,1-2H3. The molecule has 3 heteroatoms. The molecule has 0 aliphatic carbocycles. The summed E-state index contributed by atoms with van der Waals surface area (Å²) in [6, 6.07) is 7.78. The topological polar surface area (TPSA) is 23.5 Å². The maximum atomic E-state index is 10.6. The number of likely N-dealkylation sites (tertiary alicyclic amines) is 1. The fourth-order valence-electron chi connectivity index (χ4n) is 2.82. The Hall–Kier alpha value is -0.570. The molecule has 1 aromatic carbocycles. The number of aliphatic hydroxyl groups excluding tert-OH is 1. The fraction of sp³-hybridized carbons (Fsp3) is 0.625. The van der Waals surface area contributed by atoms with E-state index in [1.165, 1.54) is 19.3 Å². The number of aliphatic hydroxyl groups is 1. The molecule has 2 rings (SSSR count). The Bertz CT molecular complexity index is 413. The van der Waals surface area contributed by atoms with Crippen molar-refractivity contribution in [1.29, 1.82) is 0 Å². The van der Waals surface area contributed by atoms with Gasteiger partial charge in [-0.15, -0.1) is 0 Å². The summed E-state index contributed by atoms with van der Waals surface area (Å²) in [6.07, 6.45) is 4.09. The van der Waals surface area contributed by atoms with Gasteiger partial charge in [0, 0.05) is 17.0 Å². The second kappa shape index (κ2) is 6.25. The molecule has 0 aromatic heterocycles. The van der Waals surface area contributed by atoms with E-state index in [1.54, 1.807) is 0 Å². The Morgan fingerprint density at radius 1 is 1.26 bits per heavy atom. The Balaban J connectivity index is 2.03. The van der Waals surface area contributed by atoms with Crippen molar-refractivity contribution in [2.24, 2.45) is 0 Å². The minimum absolute atomic E-state index is 0.178. The fourth-order valence-corrected chi connectivity index (χ4v) is 3.03. The van der Waals surface area contributed by atoms with E-state index >= 15 is 0 Å². The highest BCUT2D eigenvalue weighted by atomic mass is 35.5. The third-order valence-corrected chi connectivity index (χ3v) is 4.54. The molecule has 0 spiro atoms. The van der Waals surface area contributed by atoms with Crippen molar-refractivity contribution in [2.75, 3.05) is 13.1 Å². The first-order valence-electron chi connectivity index (χ1n) is 7.18. The van der Waals surface area contributed by atoms with Gasteiger partial charge in [0.15, 0.2) is 0 Å². The Morgan fingerprint density at radius 2 is 1.95 bits per heavy atom. The third kappa shape index (κ3) is 3.71. The highest BCUT2D eigenvalue weighted by molar-refractivity contribution is 6.30. The summed E-state index contributed by atoms with van der Waals surface area (Å²) >= 11 is 6.00. The molecule has 1 N–H and O–H groups in total. The summed E-state index contributed by atoms with van der Waals surface area (Å²) in [5.41, 5.74) is 0.924. The van der Waals surface area contributed by atoms with Gasteiger partial charge in [0.05, 0.1) is 6.10 Å². The largest absolute Gasteiger partial charge is 0.391 e. The van der Waals surface area contributed by atoms with E-state index in [0.29, 0.717) is 6.42 Å². The van der Waals surface area contributed by atoms with Gasteiger partial charge in [-0.3, -0.25) is 4.90 Å². The van der Waals surface area contributed by atoms with Gasteiger partial charge >= 0.3 is 0 Å². The van der Waals surface area contributed by atoms with Crippen LogP contribution in [0.15, 0.2) is 24.3 Å². The van der Waals surface area contributed by atoms with Crippen molar-refractivity contribution >= 4 is 11.6 Å². The average molecular weight is 282 g/mol. The molecule has 0 radical (unpaired) electrons. The minimum Gasteiger partial charge on any atom is -0.391 e. The van der Waals surface area contributed by atoms with Gasteiger partial charge in [0.2, 0.25) is 0 Å². The predicted molar refractivity (Wildman–Crippen MR) is 80.7 cm³/mol. The molecule has 1 unspecified atom stereocenters. The quantitative estimate of drug-likeness (QED) is 0.913.